The fourth-order valence-electron chi connectivity index (χ4n) is 2.52. The van der Waals surface area contributed by atoms with E-state index >= 15 is 0 Å². The predicted octanol–water partition coefficient (Wildman–Crippen LogP) is 2.71. The largest absolute Gasteiger partial charge is 0.481 e. The lowest BCUT2D eigenvalue weighted by atomic mass is 9.90. The Labute approximate surface area is 131 Å². The summed E-state index contributed by atoms with van der Waals surface area (Å²) >= 11 is 5.92. The van der Waals surface area contributed by atoms with Gasteiger partial charge in [0.15, 0.2) is 6.10 Å². The summed E-state index contributed by atoms with van der Waals surface area (Å²) in [5.74, 6) is 0.661. The van der Waals surface area contributed by atoms with Crippen LogP contribution in [-0.2, 0) is 4.79 Å². The van der Waals surface area contributed by atoms with Crippen molar-refractivity contribution in [2.24, 2.45) is 0 Å². The van der Waals surface area contributed by atoms with Gasteiger partial charge in [0.05, 0.1) is 0 Å². The van der Waals surface area contributed by atoms with E-state index in [1.54, 1.807) is 19.1 Å². The topological polar surface area (TPSA) is 41.6 Å². The monoisotopic (exact) mass is 310 g/mol. The zero-order valence-corrected chi connectivity index (χ0v) is 13.6. The number of halogens is 1. The number of piperidine rings is 1. The Morgan fingerprint density at radius 2 is 2.10 bits per heavy atom. The Morgan fingerprint density at radius 3 is 2.67 bits per heavy atom. The van der Waals surface area contributed by atoms with Gasteiger partial charge in [0.25, 0.3) is 5.91 Å². The Morgan fingerprint density at radius 1 is 1.43 bits per heavy atom. The van der Waals surface area contributed by atoms with E-state index < -0.39 is 6.10 Å². The van der Waals surface area contributed by atoms with Crippen LogP contribution in [0.5, 0.6) is 5.75 Å². The molecule has 1 aliphatic heterocycles. The molecule has 0 spiro atoms. The van der Waals surface area contributed by atoms with Crippen molar-refractivity contribution in [3.63, 3.8) is 0 Å². The number of rotatable bonds is 4. The molecule has 1 aromatic rings. The van der Waals surface area contributed by atoms with Gasteiger partial charge in [-0.1, -0.05) is 17.7 Å². The van der Waals surface area contributed by atoms with Gasteiger partial charge in [0, 0.05) is 23.7 Å². The van der Waals surface area contributed by atoms with Crippen molar-refractivity contribution in [2.75, 3.05) is 20.1 Å². The maximum absolute atomic E-state index is 12.4. The molecule has 0 aliphatic carbocycles. The highest BCUT2D eigenvalue weighted by Crippen LogP contribution is 2.23. The molecule has 5 heteroatoms. The highest BCUT2D eigenvalue weighted by molar-refractivity contribution is 6.30. The Kier molecular flexibility index (Phi) is 5.12. The molecule has 21 heavy (non-hydrogen) atoms. The van der Waals surface area contributed by atoms with E-state index in [2.05, 4.69) is 12.2 Å². The van der Waals surface area contributed by atoms with Gasteiger partial charge in [0.2, 0.25) is 0 Å². The van der Waals surface area contributed by atoms with Crippen molar-refractivity contribution in [3.8, 4) is 5.75 Å². The minimum Gasteiger partial charge on any atom is -0.481 e. The number of amides is 1. The summed E-state index contributed by atoms with van der Waals surface area (Å²) in [7, 11) is 1.97. The third-order valence-corrected chi connectivity index (χ3v) is 4.47. The number of carbonyl (C=O) groups excluding carboxylic acids is 1. The summed E-state index contributed by atoms with van der Waals surface area (Å²) in [6, 6.07) is 7.13. The first-order valence-corrected chi connectivity index (χ1v) is 7.71. The van der Waals surface area contributed by atoms with Crippen LogP contribution >= 0.6 is 11.6 Å². The van der Waals surface area contributed by atoms with Crippen LogP contribution in [0, 0.1) is 0 Å². The lowest BCUT2D eigenvalue weighted by Gasteiger charge is -2.40. The highest BCUT2D eigenvalue weighted by Gasteiger charge is 2.32. The van der Waals surface area contributed by atoms with E-state index in [-0.39, 0.29) is 11.4 Å². The SMILES string of the molecule is CNC1(C)CCN(C(=O)C(C)Oc2cccc(Cl)c2)CC1. The maximum Gasteiger partial charge on any atom is 0.263 e. The molecule has 1 heterocycles. The summed E-state index contributed by atoms with van der Waals surface area (Å²) in [6.07, 6.45) is 1.42. The highest BCUT2D eigenvalue weighted by atomic mass is 35.5. The van der Waals surface area contributed by atoms with Gasteiger partial charge in [-0.25, -0.2) is 0 Å². The van der Waals surface area contributed by atoms with Crippen molar-refractivity contribution in [1.29, 1.82) is 0 Å². The van der Waals surface area contributed by atoms with E-state index in [0.29, 0.717) is 10.8 Å². The lowest BCUT2D eigenvalue weighted by molar-refractivity contribution is -0.139. The minimum atomic E-state index is -0.498. The van der Waals surface area contributed by atoms with E-state index in [0.717, 1.165) is 25.9 Å². The third-order valence-electron chi connectivity index (χ3n) is 4.24. The quantitative estimate of drug-likeness (QED) is 0.929. The van der Waals surface area contributed by atoms with Crippen molar-refractivity contribution < 1.29 is 9.53 Å². The first-order valence-electron chi connectivity index (χ1n) is 7.33. The molecular formula is C16H23ClN2O2. The van der Waals surface area contributed by atoms with Gasteiger partial charge in [-0.05, 0) is 51.9 Å². The van der Waals surface area contributed by atoms with E-state index in [1.807, 2.05) is 24.1 Å². The number of benzene rings is 1. The van der Waals surface area contributed by atoms with E-state index in [1.165, 1.54) is 0 Å². The number of nitrogens with zero attached hydrogens (tertiary/aromatic N) is 1. The number of hydrogen-bond donors (Lipinski definition) is 1. The van der Waals surface area contributed by atoms with Crippen LogP contribution in [0.25, 0.3) is 0 Å². The summed E-state index contributed by atoms with van der Waals surface area (Å²) < 4.78 is 5.70. The van der Waals surface area contributed by atoms with Crippen molar-refractivity contribution in [1.82, 2.24) is 10.2 Å². The Bertz CT molecular complexity index is 499. The Balaban J connectivity index is 1.91. The van der Waals surface area contributed by atoms with Gasteiger partial charge >= 0.3 is 0 Å². The second-order valence-corrected chi connectivity index (χ2v) is 6.29. The van der Waals surface area contributed by atoms with E-state index in [4.69, 9.17) is 16.3 Å². The van der Waals surface area contributed by atoms with Crippen LogP contribution in [-0.4, -0.2) is 42.6 Å². The second-order valence-electron chi connectivity index (χ2n) is 5.85. The van der Waals surface area contributed by atoms with Crippen LogP contribution in [0.15, 0.2) is 24.3 Å². The molecular weight excluding hydrogens is 288 g/mol. The molecule has 116 valence electrons. The number of likely N-dealkylation sites (tertiary alicyclic amines) is 1. The Hall–Kier alpha value is -1.26. The molecule has 1 atom stereocenters. The first kappa shape index (κ1) is 16.1. The maximum atomic E-state index is 12.4. The molecule has 1 amide bonds. The van der Waals surface area contributed by atoms with Crippen LogP contribution < -0.4 is 10.1 Å². The van der Waals surface area contributed by atoms with Crippen molar-refractivity contribution in [2.45, 2.75) is 38.3 Å². The average Bonchev–Trinajstić information content (AvgIpc) is 2.47. The molecule has 1 saturated heterocycles. The predicted molar refractivity (Wildman–Crippen MR) is 84.8 cm³/mol. The van der Waals surface area contributed by atoms with Gasteiger partial charge in [-0.2, -0.15) is 0 Å². The number of nitrogens with one attached hydrogen (secondary N) is 1. The zero-order chi connectivity index (χ0) is 15.5. The second kappa shape index (κ2) is 6.67. The van der Waals surface area contributed by atoms with Gasteiger partial charge in [-0.15, -0.1) is 0 Å². The van der Waals surface area contributed by atoms with Gasteiger partial charge < -0.3 is 15.0 Å². The van der Waals surface area contributed by atoms with Gasteiger partial charge in [-0.3, -0.25) is 4.79 Å². The number of ether oxygens (including phenoxy) is 1. The summed E-state index contributed by atoms with van der Waals surface area (Å²) in [4.78, 5) is 14.3. The molecule has 4 nitrogen and oxygen atoms in total. The standard InChI is InChI=1S/C16H23ClN2O2/c1-12(21-14-6-4-5-13(17)11-14)15(20)19-9-7-16(2,18-3)8-10-19/h4-6,11-12,18H,7-10H2,1-3H3. The van der Waals surface area contributed by atoms with Crippen molar-refractivity contribution in [3.05, 3.63) is 29.3 Å². The lowest BCUT2D eigenvalue weighted by Crippen LogP contribution is -2.53. The normalized spacial score (nSPS) is 19.1. The molecule has 2 rings (SSSR count). The fourth-order valence-corrected chi connectivity index (χ4v) is 2.70. The van der Waals surface area contributed by atoms with Crippen LogP contribution in [0.2, 0.25) is 5.02 Å². The van der Waals surface area contributed by atoms with Gasteiger partial charge in [0.1, 0.15) is 5.75 Å². The number of carbonyl (C=O) groups is 1. The molecule has 1 fully saturated rings. The van der Waals surface area contributed by atoms with Crippen LogP contribution in [0.1, 0.15) is 26.7 Å². The first-order chi connectivity index (χ1) is 9.93. The molecule has 0 aromatic heterocycles. The van der Waals surface area contributed by atoms with Crippen molar-refractivity contribution >= 4 is 17.5 Å². The molecule has 1 N–H and O–H groups in total. The molecule has 0 radical (unpaired) electrons. The third kappa shape index (κ3) is 4.11. The molecule has 1 aromatic carbocycles. The summed E-state index contributed by atoms with van der Waals surface area (Å²) in [5, 5.41) is 3.94. The number of hydrogen-bond acceptors (Lipinski definition) is 3. The average molecular weight is 311 g/mol. The van der Waals surface area contributed by atoms with Crippen LogP contribution in [0.4, 0.5) is 0 Å². The summed E-state index contributed by atoms with van der Waals surface area (Å²) in [6.45, 7) is 5.51. The molecule has 1 aliphatic rings. The summed E-state index contributed by atoms with van der Waals surface area (Å²) in [5.41, 5.74) is 0.133. The van der Waals surface area contributed by atoms with Crippen LogP contribution in [0.3, 0.4) is 0 Å². The zero-order valence-electron chi connectivity index (χ0n) is 12.9. The molecule has 0 bridgehead atoms. The fraction of sp³-hybridized carbons (Fsp3) is 0.562. The molecule has 0 saturated carbocycles. The van der Waals surface area contributed by atoms with E-state index in [9.17, 15) is 4.79 Å². The minimum absolute atomic E-state index is 0.0353. The molecule has 1 unspecified atom stereocenters. The smallest absolute Gasteiger partial charge is 0.263 e.